The summed E-state index contributed by atoms with van der Waals surface area (Å²) >= 11 is 0. The first-order valence-electron chi connectivity index (χ1n) is 8.10. The predicted octanol–water partition coefficient (Wildman–Crippen LogP) is 1.42. The van der Waals surface area contributed by atoms with Gasteiger partial charge in [0.1, 0.15) is 12.0 Å². The van der Waals surface area contributed by atoms with Gasteiger partial charge in [-0.1, -0.05) is 60.7 Å². The van der Waals surface area contributed by atoms with Crippen LogP contribution >= 0.6 is 0 Å². The lowest BCUT2D eigenvalue weighted by molar-refractivity contribution is -0.783. The highest BCUT2D eigenvalue weighted by molar-refractivity contribution is 5.81. The monoisotopic (exact) mass is 310 g/mol. The third kappa shape index (κ3) is 3.34. The normalized spacial score (nSPS) is 18.3. The van der Waals surface area contributed by atoms with E-state index in [4.69, 9.17) is 0 Å². The third-order valence-electron chi connectivity index (χ3n) is 4.68. The number of benzene rings is 2. The summed E-state index contributed by atoms with van der Waals surface area (Å²) in [6.07, 6.45) is 1.35. The van der Waals surface area contributed by atoms with Gasteiger partial charge >= 0.3 is 5.91 Å². The molecule has 3 rings (SSSR count). The summed E-state index contributed by atoms with van der Waals surface area (Å²) in [6, 6.07) is 19.2. The molecule has 2 aromatic carbocycles. The smallest absolute Gasteiger partial charge is 0.322 e. The van der Waals surface area contributed by atoms with Gasteiger partial charge in [-0.15, -0.1) is 0 Å². The van der Waals surface area contributed by atoms with E-state index in [1.807, 2.05) is 60.7 Å². The molecule has 2 N–H and O–H groups in total. The van der Waals surface area contributed by atoms with Crippen LogP contribution in [0, 0.1) is 5.21 Å². The number of carbonyl (C=O) groups is 1. The molecule has 23 heavy (non-hydrogen) atoms. The van der Waals surface area contributed by atoms with Crippen LogP contribution in [0.4, 0.5) is 0 Å². The second kappa shape index (κ2) is 7.04. The van der Waals surface area contributed by atoms with Crippen molar-refractivity contribution in [3.8, 4) is 0 Å². The average molecular weight is 310 g/mol. The molecule has 1 aliphatic rings. The predicted molar refractivity (Wildman–Crippen MR) is 89.7 cm³/mol. The molecule has 2 aromatic rings. The molecule has 0 aliphatic carbocycles. The summed E-state index contributed by atoms with van der Waals surface area (Å²) in [5, 5.41) is 15.6. The summed E-state index contributed by atoms with van der Waals surface area (Å²) in [7, 11) is 0. The Bertz CT molecular complexity index is 637. The summed E-state index contributed by atoms with van der Waals surface area (Å²) in [5.74, 6) is -0.242. The lowest BCUT2D eigenvalue weighted by atomic mass is 9.72. The van der Waals surface area contributed by atoms with Crippen molar-refractivity contribution < 1.29 is 9.86 Å². The van der Waals surface area contributed by atoms with Crippen molar-refractivity contribution in [1.29, 1.82) is 0 Å². The Balaban J connectivity index is 1.86. The van der Waals surface area contributed by atoms with Crippen LogP contribution in [0.25, 0.3) is 0 Å². The summed E-state index contributed by atoms with van der Waals surface area (Å²) in [6.45, 7) is 1.71. The Morgan fingerprint density at radius 2 is 1.57 bits per heavy atom. The van der Waals surface area contributed by atoms with Gasteiger partial charge in [0.25, 0.3) is 0 Å². The minimum absolute atomic E-state index is 0.182. The fourth-order valence-corrected chi connectivity index (χ4v) is 3.39. The van der Waals surface area contributed by atoms with E-state index in [1.165, 1.54) is 0 Å². The maximum absolute atomic E-state index is 13.0. The number of quaternary nitrogens is 1. The van der Waals surface area contributed by atoms with E-state index in [-0.39, 0.29) is 17.5 Å². The number of hydrogen-bond donors (Lipinski definition) is 2. The van der Waals surface area contributed by atoms with Gasteiger partial charge in [0.15, 0.2) is 0 Å². The molecule has 1 unspecified atom stereocenters. The first-order valence-corrected chi connectivity index (χ1v) is 8.10. The molecule has 0 saturated carbocycles. The highest BCUT2D eigenvalue weighted by Gasteiger charge is 2.45. The van der Waals surface area contributed by atoms with E-state index in [0.29, 0.717) is 12.8 Å². The van der Waals surface area contributed by atoms with Gasteiger partial charge in [0, 0.05) is 5.56 Å². The topological polar surface area (TPSA) is 56.6 Å². The lowest BCUT2D eigenvalue weighted by Gasteiger charge is -2.38. The van der Waals surface area contributed by atoms with Crippen LogP contribution in [0.5, 0.6) is 0 Å². The number of nitrogens with one attached hydrogen (secondary N) is 2. The van der Waals surface area contributed by atoms with Gasteiger partial charge < -0.3 is 15.6 Å². The van der Waals surface area contributed by atoms with Crippen molar-refractivity contribution in [2.45, 2.75) is 24.8 Å². The first kappa shape index (κ1) is 15.9. The standard InChI is InChI=1S/C19H22N2O2/c22-18(21(23)15-16-7-3-1-4-8-16)19(11-13-20-14-12-19)17-9-5-2-6-10-17/h1-10,20-21H,11-15H2. The zero-order valence-corrected chi connectivity index (χ0v) is 13.1. The summed E-state index contributed by atoms with van der Waals surface area (Å²) < 4.78 is 0. The van der Waals surface area contributed by atoms with Gasteiger partial charge in [-0.2, -0.15) is 0 Å². The maximum Gasteiger partial charge on any atom is 0.322 e. The Morgan fingerprint density at radius 3 is 2.17 bits per heavy atom. The van der Waals surface area contributed by atoms with Crippen LogP contribution in [-0.4, -0.2) is 19.0 Å². The van der Waals surface area contributed by atoms with E-state index in [0.717, 1.165) is 24.2 Å². The molecular weight excluding hydrogens is 288 g/mol. The van der Waals surface area contributed by atoms with Gasteiger partial charge in [-0.05, 0) is 31.5 Å². The zero-order valence-electron chi connectivity index (χ0n) is 13.1. The van der Waals surface area contributed by atoms with Gasteiger partial charge in [-0.25, -0.2) is 4.79 Å². The molecule has 0 spiro atoms. The van der Waals surface area contributed by atoms with Gasteiger partial charge in [-0.3, -0.25) is 0 Å². The Labute approximate surface area is 136 Å². The number of hydroxylamine groups is 2. The van der Waals surface area contributed by atoms with Crippen LogP contribution in [-0.2, 0) is 16.8 Å². The lowest BCUT2D eigenvalue weighted by Crippen LogP contribution is -3.11. The Hall–Kier alpha value is -2.01. The van der Waals surface area contributed by atoms with E-state index < -0.39 is 5.41 Å². The van der Waals surface area contributed by atoms with E-state index in [9.17, 15) is 10.0 Å². The average Bonchev–Trinajstić information content (AvgIpc) is 2.63. The minimum Gasteiger partial charge on any atom is -0.626 e. The van der Waals surface area contributed by atoms with Crippen LogP contribution in [0.3, 0.4) is 0 Å². The highest BCUT2D eigenvalue weighted by atomic mass is 16.5. The number of carbonyl (C=O) groups excluding carboxylic acids is 1. The van der Waals surface area contributed by atoms with Gasteiger partial charge in [0.05, 0.1) is 0 Å². The highest BCUT2D eigenvalue weighted by Crippen LogP contribution is 2.33. The van der Waals surface area contributed by atoms with Gasteiger partial charge in [0.2, 0.25) is 0 Å². The van der Waals surface area contributed by atoms with E-state index in [2.05, 4.69) is 5.32 Å². The van der Waals surface area contributed by atoms with Crippen molar-refractivity contribution in [2.24, 2.45) is 0 Å². The molecule has 4 heteroatoms. The Morgan fingerprint density at radius 1 is 1.00 bits per heavy atom. The number of hydrogen-bond acceptors (Lipinski definition) is 3. The molecule has 1 atom stereocenters. The third-order valence-corrected chi connectivity index (χ3v) is 4.68. The van der Waals surface area contributed by atoms with Crippen LogP contribution in [0.1, 0.15) is 24.0 Å². The molecule has 1 saturated heterocycles. The molecule has 0 bridgehead atoms. The molecular formula is C19H22N2O2. The largest absolute Gasteiger partial charge is 0.626 e. The van der Waals surface area contributed by atoms with Crippen LogP contribution in [0.2, 0.25) is 0 Å². The van der Waals surface area contributed by atoms with Crippen molar-refractivity contribution in [2.75, 3.05) is 13.1 Å². The SMILES string of the molecule is O=C([NH+]([O-])Cc1ccccc1)C1(c2ccccc2)CCNCC1. The molecule has 120 valence electrons. The number of amides is 1. The van der Waals surface area contributed by atoms with Crippen LogP contribution in [0.15, 0.2) is 60.7 Å². The second-order valence-corrected chi connectivity index (χ2v) is 6.11. The maximum atomic E-state index is 13.0. The van der Waals surface area contributed by atoms with E-state index >= 15 is 0 Å². The number of rotatable bonds is 4. The minimum atomic E-state index is -0.668. The zero-order chi connectivity index (χ0) is 16.1. The summed E-state index contributed by atoms with van der Waals surface area (Å²) in [4.78, 5) is 13.0. The van der Waals surface area contributed by atoms with Crippen molar-refractivity contribution in [3.63, 3.8) is 0 Å². The van der Waals surface area contributed by atoms with Crippen molar-refractivity contribution >= 4 is 5.91 Å². The second-order valence-electron chi connectivity index (χ2n) is 6.11. The fraction of sp³-hybridized carbons (Fsp3) is 0.316. The molecule has 1 aliphatic heterocycles. The molecule has 4 nitrogen and oxygen atoms in total. The fourth-order valence-electron chi connectivity index (χ4n) is 3.39. The molecule has 0 radical (unpaired) electrons. The first-order chi connectivity index (χ1) is 11.2. The molecule has 1 fully saturated rings. The van der Waals surface area contributed by atoms with E-state index in [1.54, 1.807) is 0 Å². The molecule has 1 heterocycles. The van der Waals surface area contributed by atoms with Crippen LogP contribution < -0.4 is 10.4 Å². The summed E-state index contributed by atoms with van der Waals surface area (Å²) in [5.41, 5.74) is 1.19. The number of piperidine rings is 1. The Kier molecular flexibility index (Phi) is 4.86. The van der Waals surface area contributed by atoms with Crippen molar-refractivity contribution in [3.05, 3.63) is 77.0 Å². The molecule has 1 amide bonds. The van der Waals surface area contributed by atoms with Crippen molar-refractivity contribution in [1.82, 2.24) is 5.32 Å². The quantitative estimate of drug-likeness (QED) is 0.840. The molecule has 0 aromatic heterocycles.